The van der Waals surface area contributed by atoms with Gasteiger partial charge in [0.05, 0.1) is 5.57 Å². The van der Waals surface area contributed by atoms with Gasteiger partial charge in [0, 0.05) is 32.2 Å². The highest BCUT2D eigenvalue weighted by molar-refractivity contribution is 7.98. The first-order chi connectivity index (χ1) is 17.4. The lowest BCUT2D eigenvalue weighted by molar-refractivity contribution is -0.113. The fourth-order valence-corrected chi connectivity index (χ4v) is 5.29. The molecule has 1 atom stereocenters. The molecule has 36 heavy (non-hydrogen) atoms. The van der Waals surface area contributed by atoms with E-state index in [1.54, 1.807) is 35.0 Å². The average Bonchev–Trinajstić information content (AvgIpc) is 3.25. The maximum atomic E-state index is 13.5. The van der Waals surface area contributed by atoms with Crippen molar-refractivity contribution < 1.29 is 4.79 Å². The molecular formula is C26H20Cl3N5OS. The number of carbonyl (C=O) groups is 1. The SMILES string of the molecule is CC1=C(C(=O)Nc2ccc(Cl)cc2)C(c2cccc(Cl)c2)n2nc(SCc3cccc(Cl)c3)nc2N1. The molecular weight excluding hydrogens is 537 g/mol. The Bertz CT molecular complexity index is 1470. The van der Waals surface area contributed by atoms with Crippen LogP contribution in [-0.2, 0) is 10.5 Å². The molecule has 0 bridgehead atoms. The highest BCUT2D eigenvalue weighted by Gasteiger charge is 2.34. The van der Waals surface area contributed by atoms with Crippen LogP contribution in [0.2, 0.25) is 15.1 Å². The zero-order valence-electron chi connectivity index (χ0n) is 19.0. The summed E-state index contributed by atoms with van der Waals surface area (Å²) < 4.78 is 1.73. The second-order valence-corrected chi connectivity index (χ2v) is 10.4. The number of fused-ring (bicyclic) bond motifs is 1. The number of carbonyl (C=O) groups excluding carboxylic acids is 1. The lowest BCUT2D eigenvalue weighted by Gasteiger charge is -2.28. The summed E-state index contributed by atoms with van der Waals surface area (Å²) in [5.41, 5.74) is 3.71. The topological polar surface area (TPSA) is 71.8 Å². The van der Waals surface area contributed by atoms with Crippen LogP contribution in [-0.4, -0.2) is 20.7 Å². The van der Waals surface area contributed by atoms with E-state index in [2.05, 4.69) is 15.6 Å². The first-order valence-electron chi connectivity index (χ1n) is 11.0. The number of nitrogens with one attached hydrogen (secondary N) is 2. The van der Waals surface area contributed by atoms with Gasteiger partial charge in [-0.15, -0.1) is 5.10 Å². The van der Waals surface area contributed by atoms with E-state index >= 15 is 0 Å². The Kier molecular flexibility index (Phi) is 7.25. The summed E-state index contributed by atoms with van der Waals surface area (Å²) in [6.45, 7) is 1.85. The largest absolute Gasteiger partial charge is 0.328 e. The minimum absolute atomic E-state index is 0.262. The molecule has 2 heterocycles. The van der Waals surface area contributed by atoms with Crippen LogP contribution in [0.1, 0.15) is 24.1 Å². The fraction of sp³-hybridized carbons (Fsp3) is 0.115. The second-order valence-electron chi connectivity index (χ2n) is 8.16. The lowest BCUT2D eigenvalue weighted by atomic mass is 9.95. The number of anilines is 2. The molecule has 0 spiro atoms. The first-order valence-corrected chi connectivity index (χ1v) is 13.1. The molecule has 0 saturated heterocycles. The van der Waals surface area contributed by atoms with Crippen molar-refractivity contribution in [3.63, 3.8) is 0 Å². The second kappa shape index (κ2) is 10.6. The summed E-state index contributed by atoms with van der Waals surface area (Å²) in [5.74, 6) is 0.943. The van der Waals surface area contributed by atoms with Crippen molar-refractivity contribution in [3.05, 3.63) is 110 Å². The number of amides is 1. The maximum absolute atomic E-state index is 13.5. The molecule has 1 amide bonds. The summed E-state index contributed by atoms with van der Waals surface area (Å²) in [4.78, 5) is 18.2. The highest BCUT2D eigenvalue weighted by atomic mass is 35.5. The number of nitrogens with zero attached hydrogens (tertiary/aromatic N) is 3. The molecule has 5 rings (SSSR count). The van der Waals surface area contributed by atoms with Crippen LogP contribution in [0.4, 0.5) is 11.6 Å². The predicted molar refractivity (Wildman–Crippen MR) is 147 cm³/mol. The summed E-state index contributed by atoms with van der Waals surface area (Å²) in [6, 6.07) is 21.5. The van der Waals surface area contributed by atoms with Crippen LogP contribution >= 0.6 is 46.6 Å². The van der Waals surface area contributed by atoms with E-state index in [0.717, 1.165) is 11.1 Å². The molecule has 0 aliphatic carbocycles. The van der Waals surface area contributed by atoms with Crippen molar-refractivity contribution in [2.45, 2.75) is 23.9 Å². The lowest BCUT2D eigenvalue weighted by Crippen LogP contribution is -2.31. The van der Waals surface area contributed by atoms with Crippen LogP contribution in [0.25, 0.3) is 0 Å². The van der Waals surface area contributed by atoms with Gasteiger partial charge in [-0.05, 0) is 66.6 Å². The Balaban J connectivity index is 1.48. The Morgan fingerprint density at radius 2 is 1.72 bits per heavy atom. The Hall–Kier alpha value is -2.97. The van der Waals surface area contributed by atoms with E-state index in [9.17, 15) is 4.79 Å². The quantitative estimate of drug-likeness (QED) is 0.241. The van der Waals surface area contributed by atoms with E-state index in [1.165, 1.54) is 11.8 Å². The maximum Gasteiger partial charge on any atom is 0.255 e. The van der Waals surface area contributed by atoms with E-state index < -0.39 is 6.04 Å². The molecule has 10 heteroatoms. The molecule has 1 aliphatic rings. The van der Waals surface area contributed by atoms with Gasteiger partial charge in [-0.25, -0.2) is 4.68 Å². The number of benzene rings is 3. The van der Waals surface area contributed by atoms with E-state index in [4.69, 9.17) is 39.9 Å². The normalized spacial score (nSPS) is 14.8. The molecule has 1 aliphatic heterocycles. The van der Waals surface area contributed by atoms with Gasteiger partial charge in [-0.3, -0.25) is 4.79 Å². The molecule has 182 valence electrons. The van der Waals surface area contributed by atoms with Crippen molar-refractivity contribution in [3.8, 4) is 0 Å². The Morgan fingerprint density at radius 3 is 2.44 bits per heavy atom. The van der Waals surface area contributed by atoms with Crippen molar-refractivity contribution in [1.82, 2.24) is 14.8 Å². The highest BCUT2D eigenvalue weighted by Crippen LogP contribution is 2.37. The van der Waals surface area contributed by atoms with Crippen LogP contribution in [0.5, 0.6) is 0 Å². The third-order valence-corrected chi connectivity index (χ3v) is 7.23. The zero-order chi connectivity index (χ0) is 25.2. The van der Waals surface area contributed by atoms with E-state index in [1.807, 2.05) is 49.4 Å². The van der Waals surface area contributed by atoms with Crippen LogP contribution in [0.3, 0.4) is 0 Å². The Morgan fingerprint density at radius 1 is 1.00 bits per heavy atom. The van der Waals surface area contributed by atoms with Crippen molar-refractivity contribution in [2.75, 3.05) is 10.6 Å². The third-order valence-electron chi connectivity index (χ3n) is 5.60. The molecule has 0 radical (unpaired) electrons. The summed E-state index contributed by atoms with van der Waals surface area (Å²) in [6.07, 6.45) is 0. The molecule has 4 aromatic rings. The summed E-state index contributed by atoms with van der Waals surface area (Å²) in [7, 11) is 0. The van der Waals surface area contributed by atoms with Gasteiger partial charge in [-0.1, -0.05) is 70.8 Å². The molecule has 6 nitrogen and oxygen atoms in total. The van der Waals surface area contributed by atoms with Gasteiger partial charge in [0.25, 0.3) is 5.91 Å². The first kappa shape index (κ1) is 24.7. The molecule has 0 fully saturated rings. The number of thioether (sulfide) groups is 1. The van der Waals surface area contributed by atoms with Gasteiger partial charge in [0.2, 0.25) is 11.1 Å². The van der Waals surface area contributed by atoms with Gasteiger partial charge < -0.3 is 10.6 Å². The van der Waals surface area contributed by atoms with Crippen LogP contribution < -0.4 is 10.6 Å². The monoisotopic (exact) mass is 555 g/mol. The van der Waals surface area contributed by atoms with Crippen LogP contribution in [0, 0.1) is 0 Å². The number of allylic oxidation sites excluding steroid dienone is 1. The molecule has 1 aromatic heterocycles. The summed E-state index contributed by atoms with van der Waals surface area (Å²) >= 11 is 19.9. The standard InChI is InChI=1S/C26H20Cl3N5OS/c1-15-22(24(35)31-21-10-8-18(27)9-11-21)23(17-5-3-7-20(29)13-17)34-25(30-15)32-26(33-34)36-14-16-4-2-6-19(28)12-16/h2-13,23H,14H2,1H3,(H,31,35)(H,30,32,33). The van der Waals surface area contributed by atoms with Gasteiger partial charge >= 0.3 is 0 Å². The van der Waals surface area contributed by atoms with Gasteiger partial charge in [0.1, 0.15) is 6.04 Å². The van der Waals surface area contributed by atoms with Crippen molar-refractivity contribution in [1.29, 1.82) is 0 Å². The fourth-order valence-electron chi connectivity index (χ4n) is 3.98. The van der Waals surface area contributed by atoms with E-state index in [0.29, 0.717) is 48.9 Å². The Labute approximate surface area is 227 Å². The molecule has 3 aromatic carbocycles. The number of rotatable bonds is 6. The number of halogens is 3. The van der Waals surface area contributed by atoms with Gasteiger partial charge in [-0.2, -0.15) is 4.98 Å². The minimum atomic E-state index is -0.528. The number of hydrogen-bond donors (Lipinski definition) is 2. The van der Waals surface area contributed by atoms with E-state index in [-0.39, 0.29) is 5.91 Å². The molecule has 1 unspecified atom stereocenters. The predicted octanol–water partition coefficient (Wildman–Crippen LogP) is 7.46. The average molecular weight is 557 g/mol. The number of hydrogen-bond acceptors (Lipinski definition) is 5. The third kappa shape index (κ3) is 5.39. The van der Waals surface area contributed by atoms with Gasteiger partial charge in [0.15, 0.2) is 0 Å². The van der Waals surface area contributed by atoms with Crippen molar-refractivity contribution >= 4 is 64.1 Å². The van der Waals surface area contributed by atoms with Crippen molar-refractivity contribution in [2.24, 2.45) is 0 Å². The minimum Gasteiger partial charge on any atom is -0.328 e. The summed E-state index contributed by atoms with van der Waals surface area (Å²) in [5, 5.41) is 13.4. The zero-order valence-corrected chi connectivity index (χ0v) is 22.1. The van der Waals surface area contributed by atoms with Crippen LogP contribution in [0.15, 0.2) is 89.2 Å². The smallest absolute Gasteiger partial charge is 0.255 e. The number of aromatic nitrogens is 3. The molecule has 0 saturated carbocycles. The molecule has 2 N–H and O–H groups in total.